The van der Waals surface area contributed by atoms with Crippen LogP contribution in [0.1, 0.15) is 22.3 Å². The van der Waals surface area contributed by atoms with Crippen molar-refractivity contribution in [2.75, 3.05) is 0 Å². The first kappa shape index (κ1) is 17.5. The highest BCUT2D eigenvalue weighted by molar-refractivity contribution is 7.47. The maximum atomic E-state index is 6.21. The standard InChI is InChI=1S/C22H23O2P/c1-17-14-18(2)22(19(3)15-17)16-25(23-20-10-6-4-7-11-20)24-21-12-8-5-9-13-21/h4-15H,16H2,1-3H3. The molecule has 0 aliphatic heterocycles. The molecule has 0 fully saturated rings. The van der Waals surface area contributed by atoms with Crippen LogP contribution >= 0.6 is 8.38 Å². The summed E-state index contributed by atoms with van der Waals surface area (Å²) in [5.74, 6) is 1.68. The molecule has 0 aromatic heterocycles. The van der Waals surface area contributed by atoms with Gasteiger partial charge in [0.25, 0.3) is 8.38 Å². The van der Waals surface area contributed by atoms with Gasteiger partial charge in [-0.15, -0.1) is 0 Å². The molecule has 3 heteroatoms. The van der Waals surface area contributed by atoms with Gasteiger partial charge in [-0.05, 0) is 61.7 Å². The van der Waals surface area contributed by atoms with Gasteiger partial charge in [-0.25, -0.2) is 0 Å². The Morgan fingerprint density at radius 2 is 1.12 bits per heavy atom. The first-order valence-corrected chi connectivity index (χ1v) is 9.78. The van der Waals surface area contributed by atoms with Gasteiger partial charge >= 0.3 is 0 Å². The minimum Gasteiger partial charge on any atom is -0.438 e. The molecule has 0 saturated heterocycles. The molecule has 0 saturated carbocycles. The van der Waals surface area contributed by atoms with E-state index in [1.54, 1.807) is 0 Å². The van der Waals surface area contributed by atoms with Crippen LogP contribution in [-0.2, 0) is 6.16 Å². The average molecular weight is 350 g/mol. The Balaban J connectivity index is 1.85. The molecule has 0 aliphatic rings. The number of hydrogen-bond donors (Lipinski definition) is 0. The summed E-state index contributed by atoms with van der Waals surface area (Å²) in [6.07, 6.45) is 0.761. The van der Waals surface area contributed by atoms with Crippen LogP contribution in [0, 0.1) is 20.8 Å². The smallest absolute Gasteiger partial charge is 0.295 e. The Bertz CT molecular complexity index is 751. The molecule has 2 nitrogen and oxygen atoms in total. The van der Waals surface area contributed by atoms with Gasteiger partial charge in [0.05, 0.1) is 6.16 Å². The van der Waals surface area contributed by atoms with E-state index in [-0.39, 0.29) is 0 Å². The van der Waals surface area contributed by atoms with Crippen molar-refractivity contribution in [2.45, 2.75) is 26.9 Å². The first-order valence-electron chi connectivity index (χ1n) is 8.42. The van der Waals surface area contributed by atoms with Gasteiger partial charge in [0, 0.05) is 0 Å². The molecule has 3 rings (SSSR count). The third kappa shape index (κ3) is 4.84. The van der Waals surface area contributed by atoms with Gasteiger partial charge in [-0.2, -0.15) is 0 Å². The molecule has 0 N–H and O–H groups in total. The van der Waals surface area contributed by atoms with Crippen LogP contribution in [-0.4, -0.2) is 0 Å². The first-order chi connectivity index (χ1) is 12.1. The summed E-state index contributed by atoms with van der Waals surface area (Å²) in [6, 6.07) is 24.2. The third-order valence-electron chi connectivity index (χ3n) is 4.03. The highest BCUT2D eigenvalue weighted by atomic mass is 31.2. The van der Waals surface area contributed by atoms with Crippen molar-refractivity contribution >= 4 is 8.38 Å². The lowest BCUT2D eigenvalue weighted by atomic mass is 10.0. The van der Waals surface area contributed by atoms with E-state index in [1.165, 1.54) is 22.3 Å². The SMILES string of the molecule is Cc1cc(C)c(CP(Oc2ccccc2)Oc2ccccc2)c(C)c1. The normalized spacial score (nSPS) is 10.7. The summed E-state index contributed by atoms with van der Waals surface area (Å²) in [7, 11) is -1.13. The monoisotopic (exact) mass is 350 g/mol. The van der Waals surface area contributed by atoms with E-state index < -0.39 is 8.38 Å². The molecule has 3 aromatic carbocycles. The highest BCUT2D eigenvalue weighted by Gasteiger charge is 2.18. The van der Waals surface area contributed by atoms with Crippen LogP contribution in [0.15, 0.2) is 72.8 Å². The lowest BCUT2D eigenvalue weighted by molar-refractivity contribution is 0.488. The zero-order valence-corrected chi connectivity index (χ0v) is 15.8. The molecule has 0 spiro atoms. The molecule has 0 atom stereocenters. The van der Waals surface area contributed by atoms with Crippen LogP contribution in [0.3, 0.4) is 0 Å². The zero-order chi connectivity index (χ0) is 17.6. The molecule has 25 heavy (non-hydrogen) atoms. The summed E-state index contributed by atoms with van der Waals surface area (Å²) in [4.78, 5) is 0. The Labute approximate surface area is 151 Å². The lowest BCUT2D eigenvalue weighted by Crippen LogP contribution is -2.02. The zero-order valence-electron chi connectivity index (χ0n) is 14.9. The highest BCUT2D eigenvalue weighted by Crippen LogP contribution is 2.44. The molecule has 0 aliphatic carbocycles. The quantitative estimate of drug-likeness (QED) is 0.467. The summed E-state index contributed by atoms with van der Waals surface area (Å²) < 4.78 is 12.4. The second-order valence-electron chi connectivity index (χ2n) is 6.18. The van der Waals surface area contributed by atoms with E-state index in [0.29, 0.717) is 0 Å². The Morgan fingerprint density at radius 1 is 0.680 bits per heavy atom. The predicted molar refractivity (Wildman–Crippen MR) is 105 cm³/mol. The topological polar surface area (TPSA) is 18.5 Å². The lowest BCUT2D eigenvalue weighted by Gasteiger charge is -2.21. The molecular weight excluding hydrogens is 327 g/mol. The number of aryl methyl sites for hydroxylation is 3. The molecule has 0 heterocycles. The van der Waals surface area contributed by atoms with E-state index in [0.717, 1.165) is 17.7 Å². The maximum absolute atomic E-state index is 6.21. The van der Waals surface area contributed by atoms with E-state index in [1.807, 2.05) is 60.7 Å². The van der Waals surface area contributed by atoms with Gasteiger partial charge in [0.2, 0.25) is 0 Å². The van der Waals surface area contributed by atoms with Gasteiger partial charge < -0.3 is 9.05 Å². The van der Waals surface area contributed by atoms with Crippen molar-refractivity contribution in [1.82, 2.24) is 0 Å². The maximum Gasteiger partial charge on any atom is 0.295 e. The van der Waals surface area contributed by atoms with Crippen LogP contribution in [0.25, 0.3) is 0 Å². The second-order valence-corrected chi connectivity index (χ2v) is 7.52. The molecule has 3 aromatic rings. The predicted octanol–water partition coefficient (Wildman–Crippen LogP) is 6.58. The number of hydrogen-bond acceptors (Lipinski definition) is 2. The van der Waals surface area contributed by atoms with Crippen molar-refractivity contribution in [3.8, 4) is 11.5 Å². The molecule has 128 valence electrons. The summed E-state index contributed by atoms with van der Waals surface area (Å²) in [6.45, 7) is 6.45. The van der Waals surface area contributed by atoms with Gasteiger partial charge in [0.15, 0.2) is 0 Å². The Morgan fingerprint density at radius 3 is 1.56 bits per heavy atom. The summed E-state index contributed by atoms with van der Waals surface area (Å²) in [5.41, 5.74) is 5.18. The van der Waals surface area contributed by atoms with Gasteiger partial charge in [-0.1, -0.05) is 54.1 Å². The van der Waals surface area contributed by atoms with Gasteiger partial charge in [0.1, 0.15) is 11.5 Å². The fourth-order valence-corrected chi connectivity index (χ4v) is 4.51. The van der Waals surface area contributed by atoms with Crippen molar-refractivity contribution in [3.63, 3.8) is 0 Å². The number of rotatable bonds is 6. The van der Waals surface area contributed by atoms with Crippen molar-refractivity contribution in [2.24, 2.45) is 0 Å². The van der Waals surface area contributed by atoms with Gasteiger partial charge in [-0.3, -0.25) is 0 Å². The minimum atomic E-state index is -1.13. The van der Waals surface area contributed by atoms with E-state index in [2.05, 4.69) is 32.9 Å². The van der Waals surface area contributed by atoms with E-state index >= 15 is 0 Å². The number of benzene rings is 3. The van der Waals surface area contributed by atoms with Crippen molar-refractivity contribution in [1.29, 1.82) is 0 Å². The largest absolute Gasteiger partial charge is 0.438 e. The molecular formula is C22H23O2P. The van der Waals surface area contributed by atoms with E-state index in [4.69, 9.17) is 9.05 Å². The summed E-state index contributed by atoms with van der Waals surface area (Å²) >= 11 is 0. The third-order valence-corrected chi connectivity index (χ3v) is 5.43. The van der Waals surface area contributed by atoms with Crippen LogP contribution in [0.5, 0.6) is 11.5 Å². The van der Waals surface area contributed by atoms with Crippen LogP contribution in [0.4, 0.5) is 0 Å². The summed E-state index contributed by atoms with van der Waals surface area (Å²) in [5, 5.41) is 0. The van der Waals surface area contributed by atoms with Crippen molar-refractivity contribution < 1.29 is 9.05 Å². The van der Waals surface area contributed by atoms with Crippen LogP contribution in [0.2, 0.25) is 0 Å². The van der Waals surface area contributed by atoms with Crippen molar-refractivity contribution in [3.05, 3.63) is 95.1 Å². The Kier molecular flexibility index (Phi) is 5.73. The molecule has 0 bridgehead atoms. The minimum absolute atomic E-state index is 0.761. The number of para-hydroxylation sites is 2. The average Bonchev–Trinajstić information content (AvgIpc) is 2.60. The second kappa shape index (κ2) is 8.18. The fraction of sp³-hybridized carbons (Fsp3) is 0.182. The molecule has 0 unspecified atom stereocenters. The molecule has 0 radical (unpaired) electrons. The fourth-order valence-electron chi connectivity index (χ4n) is 2.87. The van der Waals surface area contributed by atoms with E-state index in [9.17, 15) is 0 Å². The molecule has 0 amide bonds. The Hall–Kier alpha value is -2.31. The van der Waals surface area contributed by atoms with Crippen LogP contribution < -0.4 is 9.05 Å².